The van der Waals surface area contributed by atoms with E-state index < -0.39 is 0 Å². The van der Waals surface area contributed by atoms with Gasteiger partial charge in [0.1, 0.15) is 5.78 Å². The van der Waals surface area contributed by atoms with Crippen molar-refractivity contribution < 1.29 is 4.79 Å². The normalized spacial score (nSPS) is 8.12. The largest absolute Gasteiger partial charge is 0.326 e. The van der Waals surface area contributed by atoms with Crippen molar-refractivity contribution in [1.29, 1.82) is 0 Å². The Morgan fingerprint density at radius 2 is 1.62 bits per heavy atom. The first-order chi connectivity index (χ1) is 7.72. The molecule has 16 heavy (non-hydrogen) atoms. The van der Waals surface area contributed by atoms with Crippen molar-refractivity contribution in [2.75, 3.05) is 0 Å². The maximum Gasteiger partial charge on any atom is 0.134 e. The van der Waals surface area contributed by atoms with Crippen LogP contribution in [0.15, 0.2) is 24.3 Å². The van der Waals surface area contributed by atoms with Gasteiger partial charge in [0, 0.05) is 13.0 Å². The third-order valence-electron chi connectivity index (χ3n) is 1.68. The monoisotopic (exact) mass is 223 g/mol. The van der Waals surface area contributed by atoms with Crippen LogP contribution in [0.1, 0.15) is 45.7 Å². The number of benzene rings is 1. The number of hydrogen-bond acceptors (Lipinski definition) is 2. The average Bonchev–Trinajstić information content (AvgIpc) is 2.33. The van der Waals surface area contributed by atoms with Gasteiger partial charge in [0.25, 0.3) is 0 Å². The second-order valence-electron chi connectivity index (χ2n) is 2.90. The number of ketones is 1. The number of nitrogens with two attached hydrogens (primary N) is 1. The molecule has 0 spiro atoms. The molecule has 0 aliphatic heterocycles. The van der Waals surface area contributed by atoms with Crippen molar-refractivity contribution in [3.63, 3.8) is 0 Å². The van der Waals surface area contributed by atoms with E-state index in [-0.39, 0.29) is 5.78 Å². The summed E-state index contributed by atoms with van der Waals surface area (Å²) in [6.45, 7) is 10.1. The predicted molar refractivity (Wildman–Crippen MR) is 71.4 cm³/mol. The van der Waals surface area contributed by atoms with Crippen LogP contribution in [0.5, 0.6) is 0 Å². The van der Waals surface area contributed by atoms with Gasteiger partial charge >= 0.3 is 0 Å². The maximum atomic E-state index is 10.8. The molecule has 0 saturated carbocycles. The minimum atomic E-state index is 0.184. The van der Waals surface area contributed by atoms with Gasteiger partial charge in [0.15, 0.2) is 0 Å². The molecule has 0 amide bonds. The Labute approximate surface area is 99.9 Å². The molecule has 0 unspecified atom stereocenters. The van der Waals surface area contributed by atoms with E-state index in [0.29, 0.717) is 13.0 Å². The van der Waals surface area contributed by atoms with Crippen molar-refractivity contribution in [3.05, 3.63) is 35.4 Å². The van der Waals surface area contributed by atoms with Gasteiger partial charge in [0.05, 0.1) is 0 Å². The zero-order chi connectivity index (χ0) is 13.0. The first-order valence-corrected chi connectivity index (χ1v) is 5.99. The third kappa shape index (κ3) is 8.18. The van der Waals surface area contributed by atoms with Crippen molar-refractivity contribution in [2.24, 2.45) is 5.73 Å². The highest BCUT2D eigenvalue weighted by Gasteiger charge is 1.97. The Balaban J connectivity index is 0. The van der Waals surface area contributed by atoms with Crippen LogP contribution in [0.4, 0.5) is 0 Å². The number of hydrogen-bond donors (Lipinski definition) is 1. The van der Waals surface area contributed by atoms with Gasteiger partial charge in [0.2, 0.25) is 0 Å². The molecule has 1 aromatic rings. The van der Waals surface area contributed by atoms with Crippen LogP contribution in [-0.4, -0.2) is 5.78 Å². The molecule has 2 heteroatoms. The average molecular weight is 223 g/mol. The number of Topliss-reactive ketones (excluding diaryl/α,β-unsaturated/α-hetero) is 1. The lowest BCUT2D eigenvalue weighted by Crippen LogP contribution is -2.00. The second-order valence-corrected chi connectivity index (χ2v) is 2.90. The fourth-order valence-electron chi connectivity index (χ4n) is 1.15. The first kappa shape index (κ1) is 17.3. The number of carbonyl (C=O) groups is 1. The van der Waals surface area contributed by atoms with Crippen molar-refractivity contribution in [3.8, 4) is 0 Å². The zero-order valence-electron chi connectivity index (χ0n) is 11.2. The maximum absolute atomic E-state index is 10.8. The van der Waals surface area contributed by atoms with E-state index >= 15 is 0 Å². The van der Waals surface area contributed by atoms with E-state index in [1.54, 1.807) is 6.92 Å². The number of carbonyl (C=O) groups excluding carboxylic acids is 1. The highest BCUT2D eigenvalue weighted by atomic mass is 16.1. The standard InChI is InChI=1S/C10H13NO.2C2H6/c1-8(12)5-9-3-2-4-10(6-9)7-11;2*1-2/h2-4,6H,5,7,11H2,1H3;2*1-2H3. The summed E-state index contributed by atoms with van der Waals surface area (Å²) in [6, 6.07) is 7.81. The third-order valence-corrected chi connectivity index (χ3v) is 1.68. The lowest BCUT2D eigenvalue weighted by atomic mass is 10.1. The fourth-order valence-corrected chi connectivity index (χ4v) is 1.15. The van der Waals surface area contributed by atoms with Gasteiger partial charge in [-0.25, -0.2) is 0 Å². The molecule has 0 radical (unpaired) electrons. The minimum absolute atomic E-state index is 0.184. The van der Waals surface area contributed by atoms with Crippen molar-refractivity contribution >= 4 is 5.78 Å². The van der Waals surface area contributed by atoms with E-state index in [0.717, 1.165) is 11.1 Å². The molecule has 2 nitrogen and oxygen atoms in total. The van der Waals surface area contributed by atoms with Crippen LogP contribution < -0.4 is 5.73 Å². The summed E-state index contributed by atoms with van der Waals surface area (Å²) in [7, 11) is 0. The number of rotatable bonds is 3. The summed E-state index contributed by atoms with van der Waals surface area (Å²) in [6.07, 6.45) is 0.508. The van der Waals surface area contributed by atoms with Gasteiger partial charge in [-0.1, -0.05) is 52.0 Å². The molecule has 2 N–H and O–H groups in total. The van der Waals surface area contributed by atoms with E-state index in [9.17, 15) is 4.79 Å². The van der Waals surface area contributed by atoms with Gasteiger partial charge in [-0.3, -0.25) is 4.79 Å². The summed E-state index contributed by atoms with van der Waals surface area (Å²) in [4.78, 5) is 10.8. The van der Waals surface area contributed by atoms with Crippen LogP contribution in [0.2, 0.25) is 0 Å². The van der Waals surface area contributed by atoms with Gasteiger partial charge in [-0.15, -0.1) is 0 Å². The molecular weight excluding hydrogens is 198 g/mol. The molecule has 0 saturated heterocycles. The molecule has 0 aliphatic rings. The molecule has 1 rings (SSSR count). The van der Waals surface area contributed by atoms with Crippen LogP contribution in [0.25, 0.3) is 0 Å². The second kappa shape index (κ2) is 11.9. The predicted octanol–water partition coefficient (Wildman–Crippen LogP) is 3.33. The van der Waals surface area contributed by atoms with E-state index in [2.05, 4.69) is 0 Å². The first-order valence-electron chi connectivity index (χ1n) is 5.99. The molecule has 0 atom stereocenters. The molecular formula is C14H25NO. The Morgan fingerprint density at radius 3 is 2.06 bits per heavy atom. The van der Waals surface area contributed by atoms with Crippen molar-refractivity contribution in [2.45, 2.75) is 47.6 Å². The van der Waals surface area contributed by atoms with Crippen LogP contribution in [0, 0.1) is 0 Å². The smallest absolute Gasteiger partial charge is 0.134 e. The highest BCUT2D eigenvalue weighted by molar-refractivity contribution is 5.78. The van der Waals surface area contributed by atoms with Gasteiger partial charge in [-0.05, 0) is 18.1 Å². The minimum Gasteiger partial charge on any atom is -0.326 e. The molecule has 0 bridgehead atoms. The SMILES string of the molecule is CC.CC.CC(=O)Cc1cccc(CN)c1. The van der Waals surface area contributed by atoms with Crippen LogP contribution in [0.3, 0.4) is 0 Å². The summed E-state index contributed by atoms with van der Waals surface area (Å²) >= 11 is 0. The summed E-state index contributed by atoms with van der Waals surface area (Å²) in [5.41, 5.74) is 7.59. The Morgan fingerprint density at radius 1 is 1.12 bits per heavy atom. The zero-order valence-corrected chi connectivity index (χ0v) is 11.2. The van der Waals surface area contributed by atoms with Crippen LogP contribution in [-0.2, 0) is 17.8 Å². The van der Waals surface area contributed by atoms with Crippen LogP contribution >= 0.6 is 0 Å². The Bertz CT molecular complexity index is 282. The molecule has 0 aliphatic carbocycles. The summed E-state index contributed by atoms with van der Waals surface area (Å²) in [5, 5.41) is 0. The highest BCUT2D eigenvalue weighted by Crippen LogP contribution is 2.05. The van der Waals surface area contributed by atoms with Gasteiger partial charge < -0.3 is 5.73 Å². The van der Waals surface area contributed by atoms with Crippen molar-refractivity contribution in [1.82, 2.24) is 0 Å². The van der Waals surface area contributed by atoms with E-state index in [1.165, 1.54) is 0 Å². The van der Waals surface area contributed by atoms with Gasteiger partial charge in [-0.2, -0.15) is 0 Å². The Kier molecular flexibility index (Phi) is 12.9. The molecule has 0 heterocycles. The lowest BCUT2D eigenvalue weighted by molar-refractivity contribution is -0.116. The summed E-state index contributed by atoms with van der Waals surface area (Å²) < 4.78 is 0. The van der Waals surface area contributed by atoms with E-state index in [1.807, 2.05) is 52.0 Å². The lowest BCUT2D eigenvalue weighted by Gasteiger charge is -2.00. The molecule has 0 aromatic heterocycles. The summed E-state index contributed by atoms with van der Waals surface area (Å²) in [5.74, 6) is 0.184. The molecule has 1 aromatic carbocycles. The fraction of sp³-hybridized carbons (Fsp3) is 0.500. The molecule has 92 valence electrons. The Hall–Kier alpha value is -1.15. The topological polar surface area (TPSA) is 43.1 Å². The molecule has 0 fully saturated rings. The quantitative estimate of drug-likeness (QED) is 0.854. The van der Waals surface area contributed by atoms with E-state index in [4.69, 9.17) is 5.73 Å².